The van der Waals surface area contributed by atoms with E-state index >= 15 is 0 Å². The van der Waals surface area contributed by atoms with Gasteiger partial charge in [0.05, 0.1) is 35.6 Å². The van der Waals surface area contributed by atoms with E-state index in [2.05, 4.69) is 15.4 Å². The van der Waals surface area contributed by atoms with Crippen LogP contribution in [0.3, 0.4) is 0 Å². The zero-order chi connectivity index (χ0) is 23.5. The van der Waals surface area contributed by atoms with Crippen LogP contribution >= 0.6 is 34.8 Å². The number of hydrogen-bond donors (Lipinski definition) is 1. The molecule has 0 fully saturated rings. The van der Waals surface area contributed by atoms with E-state index in [1.165, 1.54) is 18.9 Å². The molecule has 1 heterocycles. The minimum Gasteiger partial charge on any atom is -0.497 e. The van der Waals surface area contributed by atoms with Gasteiger partial charge in [-0.05, 0) is 42.5 Å². The van der Waals surface area contributed by atoms with Crippen molar-refractivity contribution in [3.05, 3.63) is 81.6 Å². The smallest absolute Gasteiger partial charge is 0.295 e. The number of anilines is 1. The van der Waals surface area contributed by atoms with Crippen molar-refractivity contribution >= 4 is 46.4 Å². The maximum Gasteiger partial charge on any atom is 0.295 e. The fourth-order valence-electron chi connectivity index (χ4n) is 3.11. The molecule has 0 atom stereocenters. The van der Waals surface area contributed by atoms with E-state index in [4.69, 9.17) is 44.3 Å². The summed E-state index contributed by atoms with van der Waals surface area (Å²) in [5, 5.41) is 8.46. The number of carbonyl (C=O) groups is 1. The predicted molar refractivity (Wildman–Crippen MR) is 129 cm³/mol. The third-order valence-electron chi connectivity index (χ3n) is 4.70. The Morgan fingerprint density at radius 1 is 0.939 bits per heavy atom. The zero-order valence-electron chi connectivity index (χ0n) is 17.5. The molecular formula is C23H17Cl3N4O3. The molecule has 0 saturated heterocycles. The third-order valence-corrected chi connectivity index (χ3v) is 5.67. The largest absolute Gasteiger partial charge is 0.497 e. The van der Waals surface area contributed by atoms with Crippen LogP contribution in [0.15, 0.2) is 60.7 Å². The lowest BCUT2D eigenvalue weighted by molar-refractivity contribution is 0.101. The van der Waals surface area contributed by atoms with Gasteiger partial charge in [-0.2, -0.15) is 0 Å². The van der Waals surface area contributed by atoms with Gasteiger partial charge in [-0.1, -0.05) is 46.9 Å². The Labute approximate surface area is 204 Å². The van der Waals surface area contributed by atoms with Gasteiger partial charge in [0.1, 0.15) is 11.5 Å². The maximum atomic E-state index is 13.1. The van der Waals surface area contributed by atoms with Crippen molar-refractivity contribution in [2.24, 2.45) is 0 Å². The molecule has 7 nitrogen and oxygen atoms in total. The van der Waals surface area contributed by atoms with Gasteiger partial charge in [0, 0.05) is 16.7 Å². The quantitative estimate of drug-likeness (QED) is 0.341. The number of aromatic nitrogens is 3. The van der Waals surface area contributed by atoms with Crippen molar-refractivity contribution in [2.75, 3.05) is 19.5 Å². The van der Waals surface area contributed by atoms with Crippen molar-refractivity contribution < 1.29 is 14.3 Å². The van der Waals surface area contributed by atoms with Crippen LogP contribution in [-0.4, -0.2) is 34.9 Å². The average molecular weight is 504 g/mol. The highest BCUT2D eigenvalue weighted by molar-refractivity contribution is 6.42. The van der Waals surface area contributed by atoms with Crippen LogP contribution in [0.2, 0.25) is 15.1 Å². The summed E-state index contributed by atoms with van der Waals surface area (Å²) in [5.74, 6) is 0.811. The third kappa shape index (κ3) is 4.90. The Balaban J connectivity index is 1.78. The van der Waals surface area contributed by atoms with Gasteiger partial charge >= 0.3 is 0 Å². The fraction of sp³-hybridized carbons (Fsp3) is 0.0870. The first-order valence-corrected chi connectivity index (χ1v) is 10.7. The molecule has 0 bridgehead atoms. The molecule has 1 aromatic heterocycles. The normalized spacial score (nSPS) is 10.7. The monoisotopic (exact) mass is 502 g/mol. The molecule has 0 aliphatic carbocycles. The molecular weight excluding hydrogens is 487 g/mol. The number of halogens is 3. The van der Waals surface area contributed by atoms with Gasteiger partial charge < -0.3 is 14.8 Å². The lowest BCUT2D eigenvalue weighted by atomic mass is 10.2. The number of rotatable bonds is 6. The van der Waals surface area contributed by atoms with E-state index in [9.17, 15) is 4.79 Å². The van der Waals surface area contributed by atoms with E-state index in [0.29, 0.717) is 49.3 Å². The summed E-state index contributed by atoms with van der Waals surface area (Å²) < 4.78 is 12.1. The molecule has 33 heavy (non-hydrogen) atoms. The summed E-state index contributed by atoms with van der Waals surface area (Å²) in [6.45, 7) is 0. The number of hydrogen-bond acceptors (Lipinski definition) is 5. The first-order valence-electron chi connectivity index (χ1n) is 9.61. The topological polar surface area (TPSA) is 78.3 Å². The Morgan fingerprint density at radius 3 is 2.45 bits per heavy atom. The SMILES string of the molecule is COc1ccc(OC)c(NC(=O)c2nc(-c3cccc(Cl)c3)n(-c3ccc(Cl)c(Cl)c3)n2)c1. The molecule has 0 unspecified atom stereocenters. The van der Waals surface area contributed by atoms with Crippen LogP contribution in [0.25, 0.3) is 17.1 Å². The van der Waals surface area contributed by atoms with Crippen molar-refractivity contribution in [3.8, 4) is 28.6 Å². The number of methoxy groups -OCH3 is 2. The molecule has 0 radical (unpaired) electrons. The van der Waals surface area contributed by atoms with Gasteiger partial charge in [-0.25, -0.2) is 9.67 Å². The molecule has 4 aromatic rings. The van der Waals surface area contributed by atoms with Gasteiger partial charge in [0.25, 0.3) is 5.91 Å². The fourth-order valence-corrected chi connectivity index (χ4v) is 3.59. The van der Waals surface area contributed by atoms with Gasteiger partial charge in [0.2, 0.25) is 5.82 Å². The van der Waals surface area contributed by atoms with Crippen LogP contribution in [-0.2, 0) is 0 Å². The van der Waals surface area contributed by atoms with E-state index in [-0.39, 0.29) is 5.82 Å². The van der Waals surface area contributed by atoms with Crippen LogP contribution in [0, 0.1) is 0 Å². The van der Waals surface area contributed by atoms with Crippen LogP contribution in [0.4, 0.5) is 5.69 Å². The van der Waals surface area contributed by atoms with Gasteiger partial charge in [0.15, 0.2) is 5.82 Å². The highest BCUT2D eigenvalue weighted by Crippen LogP contribution is 2.31. The lowest BCUT2D eigenvalue weighted by Crippen LogP contribution is -2.15. The predicted octanol–water partition coefficient (Wildman–Crippen LogP) is 6.16. The number of ether oxygens (including phenoxy) is 2. The molecule has 10 heteroatoms. The summed E-state index contributed by atoms with van der Waals surface area (Å²) in [7, 11) is 3.04. The second kappa shape index (κ2) is 9.70. The first-order chi connectivity index (χ1) is 15.9. The number of nitrogens with zero attached hydrogens (tertiary/aromatic N) is 3. The number of amides is 1. The molecule has 3 aromatic carbocycles. The average Bonchev–Trinajstić information content (AvgIpc) is 3.26. The number of benzene rings is 3. The van der Waals surface area contributed by atoms with Crippen LogP contribution < -0.4 is 14.8 Å². The van der Waals surface area contributed by atoms with Crippen LogP contribution in [0.1, 0.15) is 10.6 Å². The minimum atomic E-state index is -0.538. The summed E-state index contributed by atoms with van der Waals surface area (Å²) in [6.07, 6.45) is 0. The highest BCUT2D eigenvalue weighted by atomic mass is 35.5. The second-order valence-electron chi connectivity index (χ2n) is 6.80. The van der Waals surface area contributed by atoms with E-state index < -0.39 is 5.91 Å². The van der Waals surface area contributed by atoms with E-state index in [1.807, 2.05) is 6.07 Å². The highest BCUT2D eigenvalue weighted by Gasteiger charge is 2.21. The molecule has 0 spiro atoms. The Kier molecular flexibility index (Phi) is 6.74. The molecule has 1 N–H and O–H groups in total. The standard InChI is InChI=1S/C23H17Cl3N4O3/c1-32-16-7-9-20(33-2)19(12-16)27-23(31)21-28-22(13-4-3-5-14(24)10-13)30(29-21)15-6-8-17(25)18(26)11-15/h3-12H,1-2H3,(H,27,31). The molecule has 0 aliphatic rings. The van der Waals surface area contributed by atoms with Gasteiger partial charge in [-0.15, -0.1) is 5.10 Å². The zero-order valence-corrected chi connectivity index (χ0v) is 19.7. The van der Waals surface area contributed by atoms with Crippen molar-refractivity contribution in [2.45, 2.75) is 0 Å². The summed E-state index contributed by atoms with van der Waals surface area (Å²) in [6, 6.07) is 17.1. The van der Waals surface area contributed by atoms with E-state index in [0.717, 1.165) is 0 Å². The number of carbonyl (C=O) groups excluding carboxylic acids is 1. The van der Waals surface area contributed by atoms with Crippen molar-refractivity contribution in [1.82, 2.24) is 14.8 Å². The summed E-state index contributed by atoms with van der Waals surface area (Å²) >= 11 is 18.4. The first kappa shape index (κ1) is 22.9. The number of nitrogens with one attached hydrogen (secondary N) is 1. The van der Waals surface area contributed by atoms with Crippen LogP contribution in [0.5, 0.6) is 11.5 Å². The minimum absolute atomic E-state index is 0.0686. The maximum absolute atomic E-state index is 13.1. The van der Waals surface area contributed by atoms with Crippen molar-refractivity contribution in [3.63, 3.8) is 0 Å². The van der Waals surface area contributed by atoms with Crippen molar-refractivity contribution in [1.29, 1.82) is 0 Å². The molecule has 4 rings (SSSR count). The lowest BCUT2D eigenvalue weighted by Gasteiger charge is -2.10. The molecule has 1 amide bonds. The molecule has 168 valence electrons. The Morgan fingerprint density at radius 2 is 1.76 bits per heavy atom. The Bertz CT molecular complexity index is 1340. The Hall–Kier alpha value is -3.26. The van der Waals surface area contributed by atoms with E-state index in [1.54, 1.807) is 54.6 Å². The second-order valence-corrected chi connectivity index (χ2v) is 8.05. The van der Waals surface area contributed by atoms with Gasteiger partial charge in [-0.3, -0.25) is 4.79 Å². The molecule has 0 aliphatic heterocycles. The summed E-state index contributed by atoms with van der Waals surface area (Å²) in [5.41, 5.74) is 1.65. The molecule has 0 saturated carbocycles. The summed E-state index contributed by atoms with van der Waals surface area (Å²) in [4.78, 5) is 17.6.